The van der Waals surface area contributed by atoms with Gasteiger partial charge in [0.15, 0.2) is 0 Å². The second-order valence-electron chi connectivity index (χ2n) is 5.86. The van der Waals surface area contributed by atoms with Crippen molar-refractivity contribution >= 4 is 24.0 Å². The predicted octanol–water partition coefficient (Wildman–Crippen LogP) is 4.01. The topological polar surface area (TPSA) is 55.1 Å². The first kappa shape index (κ1) is 17.8. The van der Waals surface area contributed by atoms with Crippen molar-refractivity contribution in [2.45, 2.75) is 58.4 Å². The molecule has 2 rings (SSSR count). The van der Waals surface area contributed by atoms with E-state index < -0.39 is 0 Å². The van der Waals surface area contributed by atoms with E-state index in [0.717, 1.165) is 37.8 Å². The molecule has 3 N–H and O–H groups in total. The van der Waals surface area contributed by atoms with Crippen LogP contribution in [0.5, 0.6) is 0 Å². The van der Waals surface area contributed by atoms with Crippen LogP contribution in [0.3, 0.4) is 0 Å². The van der Waals surface area contributed by atoms with E-state index in [2.05, 4.69) is 31.3 Å². The molecular weight excluding hydrogens is 284 g/mol. The van der Waals surface area contributed by atoms with Crippen molar-refractivity contribution in [3.8, 4) is 0 Å². The van der Waals surface area contributed by atoms with Crippen LogP contribution in [-0.2, 0) is 11.2 Å². The number of carbonyl (C=O) groups is 1. The van der Waals surface area contributed by atoms with Crippen LogP contribution in [0, 0.1) is 5.92 Å². The highest BCUT2D eigenvalue weighted by Gasteiger charge is 2.22. The van der Waals surface area contributed by atoms with E-state index in [-0.39, 0.29) is 24.4 Å². The van der Waals surface area contributed by atoms with Gasteiger partial charge in [0.2, 0.25) is 5.91 Å². The van der Waals surface area contributed by atoms with Gasteiger partial charge in [0.05, 0.1) is 6.04 Å². The molecule has 3 nitrogen and oxygen atoms in total. The number of benzene rings is 1. The Morgan fingerprint density at radius 3 is 2.76 bits per heavy atom. The highest BCUT2D eigenvalue weighted by molar-refractivity contribution is 5.85. The smallest absolute Gasteiger partial charge is 0.220 e. The Labute approximate surface area is 134 Å². The summed E-state index contributed by atoms with van der Waals surface area (Å²) in [5.41, 5.74) is 9.20. The lowest BCUT2D eigenvalue weighted by Crippen LogP contribution is -2.32. The molecule has 0 spiro atoms. The number of hydrogen-bond acceptors (Lipinski definition) is 2. The Morgan fingerprint density at radius 2 is 2.10 bits per heavy atom. The first-order chi connectivity index (χ1) is 9.63. The minimum Gasteiger partial charge on any atom is -0.399 e. The van der Waals surface area contributed by atoms with E-state index in [1.54, 1.807) is 0 Å². The number of aryl methyl sites for hydroxylation is 1. The fraction of sp³-hybridized carbons (Fsp3) is 0.588. The summed E-state index contributed by atoms with van der Waals surface area (Å²) in [5, 5.41) is 3.21. The summed E-state index contributed by atoms with van der Waals surface area (Å²) in [7, 11) is 0. The minimum absolute atomic E-state index is 0. The van der Waals surface area contributed by atoms with Crippen LogP contribution >= 0.6 is 12.4 Å². The van der Waals surface area contributed by atoms with E-state index in [1.165, 1.54) is 11.1 Å². The van der Waals surface area contributed by atoms with Gasteiger partial charge in [-0.1, -0.05) is 32.8 Å². The van der Waals surface area contributed by atoms with Crippen molar-refractivity contribution in [3.05, 3.63) is 29.3 Å². The van der Waals surface area contributed by atoms with Crippen molar-refractivity contribution in [3.63, 3.8) is 0 Å². The molecular formula is C17H27ClN2O. The lowest BCUT2D eigenvalue weighted by Gasteiger charge is -2.27. The summed E-state index contributed by atoms with van der Waals surface area (Å²) in [6.45, 7) is 4.31. The number of nitrogens with one attached hydrogen (secondary N) is 1. The Bertz CT molecular complexity index is 472. The average molecular weight is 311 g/mol. The summed E-state index contributed by atoms with van der Waals surface area (Å²) >= 11 is 0. The number of halogens is 1. The molecule has 0 heterocycles. The van der Waals surface area contributed by atoms with Crippen LogP contribution in [0.4, 0.5) is 5.69 Å². The van der Waals surface area contributed by atoms with E-state index in [4.69, 9.17) is 5.73 Å². The number of nitrogen functional groups attached to an aromatic ring is 1. The zero-order valence-electron chi connectivity index (χ0n) is 13.0. The van der Waals surface area contributed by atoms with Gasteiger partial charge in [-0.15, -0.1) is 12.4 Å². The van der Waals surface area contributed by atoms with Gasteiger partial charge < -0.3 is 11.1 Å². The summed E-state index contributed by atoms with van der Waals surface area (Å²) in [6.07, 6.45) is 6.01. The van der Waals surface area contributed by atoms with Gasteiger partial charge >= 0.3 is 0 Å². The largest absolute Gasteiger partial charge is 0.399 e. The maximum atomic E-state index is 12.2. The maximum Gasteiger partial charge on any atom is 0.220 e. The molecule has 1 aliphatic carbocycles. The highest BCUT2D eigenvalue weighted by Crippen LogP contribution is 2.31. The third-order valence-electron chi connectivity index (χ3n) is 4.45. The molecule has 1 amide bonds. The molecule has 0 radical (unpaired) electrons. The van der Waals surface area contributed by atoms with Crippen molar-refractivity contribution < 1.29 is 4.79 Å². The molecule has 21 heavy (non-hydrogen) atoms. The normalized spacial score (nSPS) is 17.0. The standard InChI is InChI=1S/C17H26N2O.ClH/c1-3-12(4-2)10-17(20)19-16-7-5-6-13-11-14(18)8-9-15(13)16;/h8-9,11-12,16H,3-7,10,18H2,1-2H3,(H,19,20);1H. The minimum atomic E-state index is 0. The number of fused-ring (bicyclic) bond motifs is 1. The zero-order chi connectivity index (χ0) is 14.5. The van der Waals surface area contributed by atoms with Crippen molar-refractivity contribution in [1.29, 1.82) is 0 Å². The van der Waals surface area contributed by atoms with Gasteiger partial charge in [0, 0.05) is 12.1 Å². The van der Waals surface area contributed by atoms with Crippen molar-refractivity contribution in [2.24, 2.45) is 5.92 Å². The van der Waals surface area contributed by atoms with Gasteiger partial charge in [-0.05, 0) is 48.4 Å². The predicted molar refractivity (Wildman–Crippen MR) is 90.6 cm³/mol. The van der Waals surface area contributed by atoms with Gasteiger partial charge in [0.1, 0.15) is 0 Å². The van der Waals surface area contributed by atoms with Gasteiger partial charge in [-0.2, -0.15) is 0 Å². The summed E-state index contributed by atoms with van der Waals surface area (Å²) in [6, 6.07) is 6.23. The van der Waals surface area contributed by atoms with Crippen molar-refractivity contribution in [1.82, 2.24) is 5.32 Å². The summed E-state index contributed by atoms with van der Waals surface area (Å²) < 4.78 is 0. The molecule has 0 aromatic heterocycles. The third kappa shape index (κ3) is 4.63. The van der Waals surface area contributed by atoms with E-state index in [1.807, 2.05) is 6.07 Å². The molecule has 118 valence electrons. The monoisotopic (exact) mass is 310 g/mol. The van der Waals surface area contributed by atoms with Crippen LogP contribution in [-0.4, -0.2) is 5.91 Å². The lowest BCUT2D eigenvalue weighted by molar-refractivity contribution is -0.122. The average Bonchev–Trinajstić information content (AvgIpc) is 2.44. The van der Waals surface area contributed by atoms with Crippen molar-refractivity contribution in [2.75, 3.05) is 5.73 Å². The molecule has 1 unspecified atom stereocenters. The maximum absolute atomic E-state index is 12.2. The quantitative estimate of drug-likeness (QED) is 0.807. The van der Waals surface area contributed by atoms with Gasteiger partial charge in [0.25, 0.3) is 0 Å². The Balaban J connectivity index is 0.00000220. The van der Waals surface area contributed by atoms with Crippen LogP contribution in [0.2, 0.25) is 0 Å². The first-order valence-electron chi connectivity index (χ1n) is 7.81. The molecule has 1 aliphatic rings. The summed E-state index contributed by atoms with van der Waals surface area (Å²) in [5.74, 6) is 0.692. The molecule has 0 fully saturated rings. The highest BCUT2D eigenvalue weighted by atomic mass is 35.5. The van der Waals surface area contributed by atoms with Gasteiger partial charge in [-0.3, -0.25) is 4.79 Å². The Hall–Kier alpha value is -1.22. The van der Waals surface area contributed by atoms with E-state index in [0.29, 0.717) is 12.3 Å². The second kappa shape index (κ2) is 8.28. The SMILES string of the molecule is CCC(CC)CC(=O)NC1CCCc2cc(N)ccc21.Cl. The van der Waals surface area contributed by atoms with Crippen LogP contribution in [0.1, 0.15) is 63.1 Å². The zero-order valence-corrected chi connectivity index (χ0v) is 13.8. The molecule has 0 bridgehead atoms. The third-order valence-corrected chi connectivity index (χ3v) is 4.45. The van der Waals surface area contributed by atoms with Crippen LogP contribution < -0.4 is 11.1 Å². The van der Waals surface area contributed by atoms with Crippen LogP contribution in [0.25, 0.3) is 0 Å². The Morgan fingerprint density at radius 1 is 1.38 bits per heavy atom. The number of nitrogens with two attached hydrogens (primary N) is 1. The first-order valence-corrected chi connectivity index (χ1v) is 7.81. The number of anilines is 1. The van der Waals surface area contributed by atoms with E-state index in [9.17, 15) is 4.79 Å². The molecule has 1 aromatic carbocycles. The molecule has 4 heteroatoms. The number of carbonyl (C=O) groups excluding carboxylic acids is 1. The Kier molecular flexibility index (Phi) is 7.03. The van der Waals surface area contributed by atoms with Crippen LogP contribution in [0.15, 0.2) is 18.2 Å². The molecule has 1 aromatic rings. The fourth-order valence-corrected chi connectivity index (χ4v) is 3.08. The summed E-state index contributed by atoms with van der Waals surface area (Å²) in [4.78, 5) is 12.2. The second-order valence-corrected chi connectivity index (χ2v) is 5.86. The lowest BCUT2D eigenvalue weighted by atomic mass is 9.87. The number of rotatable bonds is 5. The number of hydrogen-bond donors (Lipinski definition) is 2. The fourth-order valence-electron chi connectivity index (χ4n) is 3.08. The molecule has 0 aliphatic heterocycles. The number of amides is 1. The van der Waals surface area contributed by atoms with E-state index >= 15 is 0 Å². The molecule has 1 atom stereocenters. The van der Waals surface area contributed by atoms with Gasteiger partial charge in [-0.25, -0.2) is 0 Å². The molecule has 0 saturated carbocycles. The molecule has 0 saturated heterocycles.